The maximum absolute atomic E-state index is 11.3. The van der Waals surface area contributed by atoms with Gasteiger partial charge in [0, 0.05) is 6.07 Å². The molecule has 0 spiro atoms. The molecule has 0 fully saturated rings. The number of hydrogen-bond acceptors (Lipinski definition) is 4. The predicted octanol–water partition coefficient (Wildman–Crippen LogP) is 2.02. The van der Waals surface area contributed by atoms with Crippen LogP contribution in [0.1, 0.15) is 5.56 Å². The Bertz CT molecular complexity index is 712. The van der Waals surface area contributed by atoms with Gasteiger partial charge in [-0.1, -0.05) is 18.2 Å². The maximum atomic E-state index is 11.3. The predicted molar refractivity (Wildman–Crippen MR) is 73.5 cm³/mol. The van der Waals surface area contributed by atoms with E-state index in [1.165, 1.54) is 18.2 Å². The highest BCUT2D eigenvalue weighted by atomic mass is 32.2. The third-order valence-corrected chi connectivity index (χ3v) is 3.54. The van der Waals surface area contributed by atoms with Gasteiger partial charge in [0.2, 0.25) is 10.0 Å². The molecule has 2 rings (SSSR count). The number of nitrogen functional groups attached to an aromatic ring is 1. The number of primary sulfonamides is 1. The van der Waals surface area contributed by atoms with Crippen LogP contribution in [0, 0.1) is 6.92 Å². The van der Waals surface area contributed by atoms with E-state index in [9.17, 15) is 8.42 Å². The molecule has 0 bridgehead atoms. The highest BCUT2D eigenvalue weighted by molar-refractivity contribution is 7.89. The molecule has 0 amide bonds. The molecule has 0 heterocycles. The fourth-order valence-electron chi connectivity index (χ4n) is 1.57. The monoisotopic (exact) mass is 278 g/mol. The second kappa shape index (κ2) is 4.91. The lowest BCUT2D eigenvalue weighted by molar-refractivity contribution is 0.479. The second-order valence-corrected chi connectivity index (χ2v) is 5.67. The second-order valence-electron chi connectivity index (χ2n) is 4.11. The van der Waals surface area contributed by atoms with Gasteiger partial charge in [-0.15, -0.1) is 0 Å². The molecule has 100 valence electrons. The first kappa shape index (κ1) is 13.4. The van der Waals surface area contributed by atoms with Crippen LogP contribution in [0.5, 0.6) is 11.5 Å². The fourth-order valence-corrected chi connectivity index (χ4v) is 2.10. The van der Waals surface area contributed by atoms with Crippen molar-refractivity contribution in [1.82, 2.24) is 0 Å². The summed E-state index contributed by atoms with van der Waals surface area (Å²) in [4.78, 5) is -0.0368. The van der Waals surface area contributed by atoms with Gasteiger partial charge in [-0.05, 0) is 30.7 Å². The van der Waals surface area contributed by atoms with Gasteiger partial charge in [-0.25, -0.2) is 13.6 Å². The molecule has 0 atom stereocenters. The number of hydrogen-bond donors (Lipinski definition) is 2. The molecular formula is C13H14N2O3S. The number of nitrogens with two attached hydrogens (primary N) is 2. The quantitative estimate of drug-likeness (QED) is 0.839. The topological polar surface area (TPSA) is 95.4 Å². The number of anilines is 1. The minimum Gasteiger partial charge on any atom is -0.455 e. The molecule has 4 N–H and O–H groups in total. The van der Waals surface area contributed by atoms with Crippen molar-refractivity contribution in [3.63, 3.8) is 0 Å². The average molecular weight is 278 g/mol. The lowest BCUT2D eigenvalue weighted by Gasteiger charge is -2.11. The van der Waals surface area contributed by atoms with E-state index in [0.717, 1.165) is 5.56 Å². The molecule has 2 aromatic carbocycles. The first-order valence-corrected chi connectivity index (χ1v) is 7.08. The molecule has 0 aliphatic rings. The largest absolute Gasteiger partial charge is 0.455 e. The van der Waals surface area contributed by atoms with Crippen LogP contribution >= 0.6 is 0 Å². The van der Waals surface area contributed by atoms with Crippen LogP contribution in [0.3, 0.4) is 0 Å². The van der Waals surface area contributed by atoms with Crippen molar-refractivity contribution in [2.75, 3.05) is 5.73 Å². The molecule has 19 heavy (non-hydrogen) atoms. The normalized spacial score (nSPS) is 11.3. The molecule has 0 aromatic heterocycles. The summed E-state index contributed by atoms with van der Waals surface area (Å²) in [7, 11) is -3.78. The van der Waals surface area contributed by atoms with E-state index >= 15 is 0 Å². The van der Waals surface area contributed by atoms with E-state index in [2.05, 4.69) is 0 Å². The van der Waals surface area contributed by atoms with E-state index in [0.29, 0.717) is 11.4 Å². The Labute approximate surface area is 111 Å². The van der Waals surface area contributed by atoms with Crippen molar-refractivity contribution in [2.24, 2.45) is 5.14 Å². The summed E-state index contributed by atoms with van der Waals surface area (Å²) in [5.74, 6) is 0.876. The molecule has 6 heteroatoms. The molecule has 0 saturated heterocycles. The number of rotatable bonds is 3. The van der Waals surface area contributed by atoms with Crippen molar-refractivity contribution in [1.29, 1.82) is 0 Å². The van der Waals surface area contributed by atoms with Crippen LogP contribution in [-0.2, 0) is 10.0 Å². The zero-order chi connectivity index (χ0) is 14.0. The number of sulfonamides is 1. The van der Waals surface area contributed by atoms with E-state index in [-0.39, 0.29) is 10.6 Å². The van der Waals surface area contributed by atoms with Crippen molar-refractivity contribution >= 4 is 15.7 Å². The maximum Gasteiger partial charge on any atom is 0.238 e. The third-order valence-electron chi connectivity index (χ3n) is 2.63. The number of ether oxygens (including phenoxy) is 1. The van der Waals surface area contributed by atoms with Crippen molar-refractivity contribution in [2.45, 2.75) is 11.8 Å². The number of aryl methyl sites for hydroxylation is 1. The van der Waals surface area contributed by atoms with Gasteiger partial charge in [-0.3, -0.25) is 0 Å². The summed E-state index contributed by atoms with van der Waals surface area (Å²) in [6, 6.07) is 11.5. The lowest BCUT2D eigenvalue weighted by Crippen LogP contribution is -2.12. The Morgan fingerprint density at radius 2 is 1.74 bits per heavy atom. The van der Waals surface area contributed by atoms with E-state index in [1.54, 1.807) is 6.07 Å². The first-order chi connectivity index (χ1) is 8.88. The molecular weight excluding hydrogens is 264 g/mol. The van der Waals surface area contributed by atoms with Crippen LogP contribution in [0.2, 0.25) is 0 Å². The highest BCUT2D eigenvalue weighted by Crippen LogP contribution is 2.31. The Morgan fingerprint density at radius 3 is 2.37 bits per heavy atom. The molecule has 0 radical (unpaired) electrons. The third kappa shape index (κ3) is 3.04. The van der Waals surface area contributed by atoms with Gasteiger partial charge in [-0.2, -0.15) is 0 Å². The lowest BCUT2D eigenvalue weighted by atomic mass is 10.2. The summed E-state index contributed by atoms with van der Waals surface area (Å²) in [6.45, 7) is 1.88. The standard InChI is InChI=1S/C13H14N2O3S/c1-9-4-2-3-5-12(9)18-13-8-10(19(15,16)17)6-7-11(13)14/h2-8H,14H2,1H3,(H2,15,16,17). The Morgan fingerprint density at radius 1 is 1.05 bits per heavy atom. The Hall–Kier alpha value is -2.05. The molecule has 0 unspecified atom stereocenters. The molecule has 2 aromatic rings. The molecule has 0 saturated carbocycles. The highest BCUT2D eigenvalue weighted by Gasteiger charge is 2.12. The van der Waals surface area contributed by atoms with Crippen LogP contribution in [0.4, 0.5) is 5.69 Å². The average Bonchev–Trinajstić information content (AvgIpc) is 2.33. The smallest absolute Gasteiger partial charge is 0.238 e. The first-order valence-electron chi connectivity index (χ1n) is 5.54. The van der Waals surface area contributed by atoms with Crippen LogP contribution in [0.15, 0.2) is 47.4 Å². The van der Waals surface area contributed by atoms with Gasteiger partial charge >= 0.3 is 0 Å². The number of para-hydroxylation sites is 1. The van der Waals surface area contributed by atoms with Gasteiger partial charge in [0.15, 0.2) is 5.75 Å². The van der Waals surface area contributed by atoms with Crippen molar-refractivity contribution in [3.05, 3.63) is 48.0 Å². The Kier molecular flexibility index (Phi) is 3.46. The van der Waals surface area contributed by atoms with Crippen LogP contribution < -0.4 is 15.6 Å². The SMILES string of the molecule is Cc1ccccc1Oc1cc(S(N)(=O)=O)ccc1N. The summed E-state index contributed by atoms with van der Waals surface area (Å²) in [5, 5.41) is 5.07. The van der Waals surface area contributed by atoms with Gasteiger partial charge in [0.1, 0.15) is 5.75 Å². The van der Waals surface area contributed by atoms with E-state index in [1.807, 2.05) is 25.1 Å². The minimum atomic E-state index is -3.78. The van der Waals surface area contributed by atoms with Crippen LogP contribution in [0.25, 0.3) is 0 Å². The van der Waals surface area contributed by atoms with E-state index in [4.69, 9.17) is 15.6 Å². The molecule has 0 aliphatic heterocycles. The van der Waals surface area contributed by atoms with E-state index < -0.39 is 10.0 Å². The summed E-state index contributed by atoms with van der Waals surface area (Å²) >= 11 is 0. The molecule has 0 aliphatic carbocycles. The number of benzene rings is 2. The minimum absolute atomic E-state index is 0.0368. The zero-order valence-corrected chi connectivity index (χ0v) is 11.1. The van der Waals surface area contributed by atoms with Gasteiger partial charge in [0.25, 0.3) is 0 Å². The summed E-state index contributed by atoms with van der Waals surface area (Å²) in [6.07, 6.45) is 0. The van der Waals surface area contributed by atoms with Crippen LogP contribution in [-0.4, -0.2) is 8.42 Å². The molecule has 5 nitrogen and oxygen atoms in total. The van der Waals surface area contributed by atoms with Crippen molar-refractivity contribution in [3.8, 4) is 11.5 Å². The van der Waals surface area contributed by atoms with Gasteiger partial charge in [0.05, 0.1) is 10.6 Å². The fraction of sp³-hybridized carbons (Fsp3) is 0.0769. The Balaban J connectivity index is 2.43. The summed E-state index contributed by atoms with van der Waals surface area (Å²) in [5.41, 5.74) is 7.03. The summed E-state index contributed by atoms with van der Waals surface area (Å²) < 4.78 is 28.2. The zero-order valence-electron chi connectivity index (χ0n) is 10.3. The van der Waals surface area contributed by atoms with Crippen molar-refractivity contribution < 1.29 is 13.2 Å². The van der Waals surface area contributed by atoms with Gasteiger partial charge < -0.3 is 10.5 Å².